The van der Waals surface area contributed by atoms with Gasteiger partial charge in [0.25, 0.3) is 0 Å². The van der Waals surface area contributed by atoms with E-state index in [1.165, 1.54) is 18.2 Å². The van der Waals surface area contributed by atoms with Gasteiger partial charge < -0.3 is 4.74 Å². The summed E-state index contributed by atoms with van der Waals surface area (Å²) < 4.78 is 5.78. The number of carbonyl (C=O) groups is 1. The molecule has 0 spiro atoms. The number of ether oxygens (including phenoxy) is 1. The lowest BCUT2D eigenvalue weighted by Gasteiger charge is -2.23. The first-order valence-electron chi connectivity index (χ1n) is 5.16. The van der Waals surface area contributed by atoms with Gasteiger partial charge in [-0.3, -0.25) is 4.79 Å². The average Bonchev–Trinajstić information content (AvgIpc) is 2.27. The Morgan fingerprint density at radius 1 is 1.56 bits per heavy atom. The molecule has 1 unspecified atom stereocenters. The van der Waals surface area contributed by atoms with E-state index in [4.69, 9.17) is 16.3 Å². The van der Waals surface area contributed by atoms with E-state index < -0.39 is 0 Å². The van der Waals surface area contributed by atoms with Gasteiger partial charge in [0.15, 0.2) is 0 Å². The fraction of sp³-hybridized carbons (Fsp3) is 0.417. The molecular formula is C12H12BrClO2. The summed E-state index contributed by atoms with van der Waals surface area (Å²) in [5, 5.41) is 0.738. The molecule has 0 bridgehead atoms. The number of rotatable bonds is 1. The predicted octanol–water partition coefficient (Wildman–Crippen LogP) is 3.38. The number of fused-ring (bicyclic) bond motifs is 1. The molecule has 16 heavy (non-hydrogen) atoms. The van der Waals surface area contributed by atoms with E-state index in [0.717, 1.165) is 28.8 Å². The molecule has 0 saturated heterocycles. The molecule has 4 heteroatoms. The molecular weight excluding hydrogens is 291 g/mol. The molecule has 0 fully saturated rings. The molecule has 86 valence electrons. The Morgan fingerprint density at radius 3 is 3.00 bits per heavy atom. The summed E-state index contributed by atoms with van der Waals surface area (Å²) in [6.07, 6.45) is 2.46. The third-order valence-corrected chi connectivity index (χ3v) is 3.93. The van der Waals surface area contributed by atoms with Crippen molar-refractivity contribution in [1.82, 2.24) is 0 Å². The first-order valence-corrected chi connectivity index (χ1v) is 6.33. The van der Waals surface area contributed by atoms with Crippen LogP contribution in [-0.2, 0) is 22.4 Å². The number of aryl methyl sites for hydroxylation is 1. The van der Waals surface area contributed by atoms with Crippen molar-refractivity contribution >= 4 is 33.5 Å². The summed E-state index contributed by atoms with van der Waals surface area (Å²) >= 11 is 9.48. The van der Waals surface area contributed by atoms with Crippen LogP contribution in [0.3, 0.4) is 0 Å². The Hall–Kier alpha value is -0.540. The number of benzene rings is 1. The van der Waals surface area contributed by atoms with Gasteiger partial charge in [-0.15, -0.1) is 0 Å². The van der Waals surface area contributed by atoms with Crippen molar-refractivity contribution in [3.63, 3.8) is 0 Å². The highest BCUT2D eigenvalue weighted by molar-refractivity contribution is 9.10. The SMILES string of the molecule is COC(=O)C1CCc2cc(Cl)cc(Br)c2C1. The van der Waals surface area contributed by atoms with Gasteiger partial charge in [-0.1, -0.05) is 27.5 Å². The van der Waals surface area contributed by atoms with Crippen molar-refractivity contribution in [3.8, 4) is 0 Å². The van der Waals surface area contributed by atoms with Gasteiger partial charge in [0.1, 0.15) is 0 Å². The van der Waals surface area contributed by atoms with Crippen LogP contribution in [0.1, 0.15) is 17.5 Å². The zero-order chi connectivity index (χ0) is 11.7. The number of methoxy groups -OCH3 is 1. The van der Waals surface area contributed by atoms with Crippen molar-refractivity contribution < 1.29 is 9.53 Å². The highest BCUT2D eigenvalue weighted by Crippen LogP contribution is 2.34. The largest absolute Gasteiger partial charge is 0.469 e. The Balaban J connectivity index is 2.30. The van der Waals surface area contributed by atoms with Crippen LogP contribution < -0.4 is 0 Å². The molecule has 1 atom stereocenters. The zero-order valence-electron chi connectivity index (χ0n) is 8.93. The lowest BCUT2D eigenvalue weighted by Crippen LogP contribution is -2.24. The number of esters is 1. The first kappa shape index (κ1) is 11.9. The average molecular weight is 304 g/mol. The maximum absolute atomic E-state index is 11.5. The predicted molar refractivity (Wildman–Crippen MR) is 66.7 cm³/mol. The van der Waals surface area contributed by atoms with E-state index in [0.29, 0.717) is 0 Å². The molecule has 0 N–H and O–H groups in total. The molecule has 0 amide bonds. The van der Waals surface area contributed by atoms with Crippen LogP contribution in [0.2, 0.25) is 5.02 Å². The molecule has 1 aromatic carbocycles. The van der Waals surface area contributed by atoms with Gasteiger partial charge in [-0.25, -0.2) is 0 Å². The molecule has 1 aliphatic carbocycles. The second-order valence-electron chi connectivity index (χ2n) is 3.99. The second-order valence-corrected chi connectivity index (χ2v) is 5.28. The van der Waals surface area contributed by atoms with Crippen molar-refractivity contribution in [3.05, 3.63) is 32.8 Å². The van der Waals surface area contributed by atoms with Crippen LogP contribution in [0.15, 0.2) is 16.6 Å². The Labute approximate surface area is 108 Å². The Kier molecular flexibility index (Phi) is 3.55. The maximum atomic E-state index is 11.5. The summed E-state index contributed by atoms with van der Waals surface area (Å²) in [6, 6.07) is 3.86. The van der Waals surface area contributed by atoms with E-state index >= 15 is 0 Å². The van der Waals surface area contributed by atoms with Crippen LogP contribution in [0.5, 0.6) is 0 Å². The Morgan fingerprint density at radius 2 is 2.31 bits per heavy atom. The first-order chi connectivity index (χ1) is 7.61. The fourth-order valence-corrected chi connectivity index (χ4v) is 3.19. The molecule has 0 aromatic heterocycles. The van der Waals surface area contributed by atoms with E-state index in [1.807, 2.05) is 12.1 Å². The van der Waals surface area contributed by atoms with Crippen LogP contribution in [0.4, 0.5) is 0 Å². The van der Waals surface area contributed by atoms with Crippen LogP contribution >= 0.6 is 27.5 Å². The minimum absolute atomic E-state index is 0.0185. The molecule has 1 aromatic rings. The van der Waals surface area contributed by atoms with Gasteiger partial charge in [-0.05, 0) is 42.5 Å². The van der Waals surface area contributed by atoms with Crippen molar-refractivity contribution in [2.75, 3.05) is 7.11 Å². The molecule has 1 aliphatic rings. The minimum Gasteiger partial charge on any atom is -0.469 e. The maximum Gasteiger partial charge on any atom is 0.309 e. The van der Waals surface area contributed by atoms with Crippen molar-refractivity contribution in [1.29, 1.82) is 0 Å². The standard InChI is InChI=1S/C12H12BrClO2/c1-16-12(15)8-3-2-7-4-9(14)6-11(13)10(7)5-8/h4,6,8H,2-3,5H2,1H3. The minimum atomic E-state index is -0.118. The molecule has 0 saturated carbocycles. The quantitative estimate of drug-likeness (QED) is 0.744. The summed E-state index contributed by atoms with van der Waals surface area (Å²) in [7, 11) is 1.44. The third kappa shape index (κ3) is 2.25. The van der Waals surface area contributed by atoms with Gasteiger partial charge in [0, 0.05) is 9.50 Å². The highest BCUT2D eigenvalue weighted by atomic mass is 79.9. The van der Waals surface area contributed by atoms with Crippen molar-refractivity contribution in [2.24, 2.45) is 5.92 Å². The summed E-state index contributed by atoms with van der Waals surface area (Å²) in [5.41, 5.74) is 2.42. The van der Waals surface area contributed by atoms with Crippen LogP contribution in [0, 0.1) is 5.92 Å². The van der Waals surface area contributed by atoms with Crippen LogP contribution in [0.25, 0.3) is 0 Å². The molecule has 2 rings (SSSR count). The van der Waals surface area contributed by atoms with E-state index in [-0.39, 0.29) is 11.9 Å². The van der Waals surface area contributed by atoms with Gasteiger partial charge >= 0.3 is 5.97 Å². The highest BCUT2D eigenvalue weighted by Gasteiger charge is 2.26. The number of halogens is 2. The number of hydrogen-bond acceptors (Lipinski definition) is 2. The van der Waals surface area contributed by atoms with E-state index in [9.17, 15) is 4.79 Å². The molecule has 2 nitrogen and oxygen atoms in total. The van der Waals surface area contributed by atoms with E-state index in [1.54, 1.807) is 0 Å². The van der Waals surface area contributed by atoms with Crippen LogP contribution in [-0.4, -0.2) is 13.1 Å². The lowest BCUT2D eigenvalue weighted by atomic mass is 9.84. The zero-order valence-corrected chi connectivity index (χ0v) is 11.3. The van der Waals surface area contributed by atoms with Crippen molar-refractivity contribution in [2.45, 2.75) is 19.3 Å². The molecule has 0 heterocycles. The summed E-state index contributed by atoms with van der Waals surface area (Å²) in [4.78, 5) is 11.5. The lowest BCUT2D eigenvalue weighted by molar-refractivity contribution is -0.145. The van der Waals surface area contributed by atoms with Gasteiger partial charge in [0.05, 0.1) is 13.0 Å². The summed E-state index contributed by atoms with van der Waals surface area (Å²) in [6.45, 7) is 0. The summed E-state index contributed by atoms with van der Waals surface area (Å²) in [5.74, 6) is -0.137. The monoisotopic (exact) mass is 302 g/mol. The van der Waals surface area contributed by atoms with Gasteiger partial charge in [-0.2, -0.15) is 0 Å². The third-order valence-electron chi connectivity index (χ3n) is 3.00. The number of hydrogen-bond donors (Lipinski definition) is 0. The fourth-order valence-electron chi connectivity index (χ4n) is 2.15. The molecule has 0 aliphatic heterocycles. The normalized spacial score (nSPS) is 19.1. The topological polar surface area (TPSA) is 26.3 Å². The molecule has 0 radical (unpaired) electrons. The Bertz CT molecular complexity index is 431. The second kappa shape index (κ2) is 4.76. The smallest absolute Gasteiger partial charge is 0.309 e. The number of carbonyl (C=O) groups excluding carboxylic acids is 1. The van der Waals surface area contributed by atoms with E-state index in [2.05, 4.69) is 15.9 Å². The van der Waals surface area contributed by atoms with Gasteiger partial charge in [0.2, 0.25) is 0 Å².